The molecule has 1 aliphatic heterocycles. The quantitative estimate of drug-likeness (QED) is 0.275. The molecule has 1 heterocycles. The van der Waals surface area contributed by atoms with Crippen molar-refractivity contribution in [3.63, 3.8) is 0 Å². The van der Waals surface area contributed by atoms with Crippen molar-refractivity contribution in [2.45, 2.75) is 0 Å². The number of aromatic hydroxyl groups is 1. The SMILES string of the molecule is O=C1/C(=C\c2ccccc2F)SC(=S)N1/N=C/c1cc([N+](=O)[O-])ccc1O. The van der Waals surface area contributed by atoms with Crippen molar-refractivity contribution >= 4 is 52.2 Å². The molecule has 2 aromatic rings. The van der Waals surface area contributed by atoms with Crippen LogP contribution in [0.25, 0.3) is 6.08 Å². The maximum Gasteiger partial charge on any atom is 0.286 e. The van der Waals surface area contributed by atoms with E-state index in [1.54, 1.807) is 6.07 Å². The zero-order valence-corrected chi connectivity index (χ0v) is 15.0. The fraction of sp³-hybridized carbons (Fsp3) is 0. The number of thiocarbonyl (C=S) groups is 1. The highest BCUT2D eigenvalue weighted by Gasteiger charge is 2.32. The third-order valence-corrected chi connectivity index (χ3v) is 4.78. The van der Waals surface area contributed by atoms with Gasteiger partial charge in [0.05, 0.1) is 16.0 Å². The molecule has 0 bridgehead atoms. The van der Waals surface area contributed by atoms with Crippen molar-refractivity contribution in [2.24, 2.45) is 5.10 Å². The zero-order valence-electron chi connectivity index (χ0n) is 13.4. The summed E-state index contributed by atoms with van der Waals surface area (Å²) in [5.41, 5.74) is 0.0497. The first-order valence-electron chi connectivity index (χ1n) is 7.40. The Balaban J connectivity index is 1.86. The van der Waals surface area contributed by atoms with Crippen LogP contribution in [-0.4, -0.2) is 31.5 Å². The number of phenols is 1. The third kappa shape index (κ3) is 4.01. The van der Waals surface area contributed by atoms with Crippen LogP contribution in [0.2, 0.25) is 0 Å². The molecule has 1 aliphatic rings. The molecule has 0 atom stereocenters. The van der Waals surface area contributed by atoms with Gasteiger partial charge in [-0.2, -0.15) is 10.1 Å². The van der Waals surface area contributed by atoms with Gasteiger partial charge in [-0.3, -0.25) is 14.9 Å². The number of phenolic OH excluding ortho intramolecular Hbond substituents is 1. The van der Waals surface area contributed by atoms with Crippen molar-refractivity contribution in [1.29, 1.82) is 0 Å². The largest absolute Gasteiger partial charge is 0.507 e. The monoisotopic (exact) mass is 403 g/mol. The normalized spacial score (nSPS) is 15.9. The molecule has 136 valence electrons. The lowest BCUT2D eigenvalue weighted by Gasteiger charge is -2.06. The predicted molar refractivity (Wildman–Crippen MR) is 104 cm³/mol. The standard InChI is InChI=1S/C17H10FN3O4S2/c18-13-4-2-1-3-10(13)8-15-16(23)20(17(26)27-15)19-9-11-7-12(21(24)25)5-6-14(11)22/h1-9,22H/b15-8+,19-9+. The fourth-order valence-electron chi connectivity index (χ4n) is 2.17. The molecule has 3 rings (SSSR count). The molecule has 1 N–H and O–H groups in total. The van der Waals surface area contributed by atoms with E-state index < -0.39 is 16.6 Å². The lowest BCUT2D eigenvalue weighted by molar-refractivity contribution is -0.384. The summed E-state index contributed by atoms with van der Waals surface area (Å²) >= 11 is 6.06. The lowest BCUT2D eigenvalue weighted by atomic mass is 10.2. The van der Waals surface area contributed by atoms with Gasteiger partial charge in [0.25, 0.3) is 11.6 Å². The van der Waals surface area contributed by atoms with Crippen molar-refractivity contribution in [3.8, 4) is 5.75 Å². The molecule has 0 aliphatic carbocycles. The second-order valence-corrected chi connectivity index (χ2v) is 6.94. The number of carbonyl (C=O) groups excluding carboxylic acids is 1. The lowest BCUT2D eigenvalue weighted by Crippen LogP contribution is -2.22. The van der Waals surface area contributed by atoms with Crippen LogP contribution in [0.1, 0.15) is 11.1 Å². The fourth-order valence-corrected chi connectivity index (χ4v) is 3.33. The minimum Gasteiger partial charge on any atom is -0.507 e. The molecule has 1 saturated heterocycles. The highest BCUT2D eigenvalue weighted by atomic mass is 32.2. The average Bonchev–Trinajstić information content (AvgIpc) is 2.89. The van der Waals surface area contributed by atoms with E-state index in [0.717, 1.165) is 41.2 Å². The minimum atomic E-state index is -0.618. The van der Waals surface area contributed by atoms with Gasteiger partial charge in [-0.1, -0.05) is 30.0 Å². The van der Waals surface area contributed by atoms with Crippen molar-refractivity contribution in [3.05, 3.63) is 74.4 Å². The van der Waals surface area contributed by atoms with Crippen LogP contribution in [0.3, 0.4) is 0 Å². The van der Waals surface area contributed by atoms with Gasteiger partial charge in [0.1, 0.15) is 11.6 Å². The smallest absolute Gasteiger partial charge is 0.286 e. The van der Waals surface area contributed by atoms with Crippen LogP contribution in [0.4, 0.5) is 10.1 Å². The Morgan fingerprint density at radius 3 is 2.70 bits per heavy atom. The Hall–Kier alpha value is -3.11. The first-order chi connectivity index (χ1) is 12.9. The van der Waals surface area contributed by atoms with E-state index in [0.29, 0.717) is 0 Å². The Morgan fingerprint density at radius 1 is 1.26 bits per heavy atom. The number of carbonyl (C=O) groups is 1. The number of hydrazone groups is 1. The number of thioether (sulfide) groups is 1. The van der Waals surface area contributed by atoms with E-state index in [2.05, 4.69) is 5.10 Å². The zero-order chi connectivity index (χ0) is 19.6. The Bertz CT molecular complexity index is 1020. The maximum atomic E-state index is 13.8. The summed E-state index contributed by atoms with van der Waals surface area (Å²) in [7, 11) is 0. The molecule has 0 aromatic heterocycles. The Kier molecular flexibility index (Phi) is 5.28. The summed E-state index contributed by atoms with van der Waals surface area (Å²) in [6.07, 6.45) is 2.47. The summed E-state index contributed by atoms with van der Waals surface area (Å²) in [5.74, 6) is -1.28. The number of nitrogens with zero attached hydrogens (tertiary/aromatic N) is 3. The van der Waals surface area contributed by atoms with Crippen LogP contribution in [0.15, 0.2) is 52.5 Å². The second kappa shape index (κ2) is 7.64. The number of nitro benzene ring substituents is 1. The molecule has 7 nitrogen and oxygen atoms in total. The number of hydrogen-bond donors (Lipinski definition) is 1. The molecular formula is C17H10FN3O4S2. The molecule has 10 heteroatoms. The van der Waals surface area contributed by atoms with Crippen molar-refractivity contribution < 1.29 is 19.2 Å². The topological polar surface area (TPSA) is 96.0 Å². The number of hydrogen-bond acceptors (Lipinski definition) is 7. The molecule has 1 amide bonds. The maximum absolute atomic E-state index is 13.8. The van der Waals surface area contributed by atoms with E-state index in [1.165, 1.54) is 24.3 Å². The average molecular weight is 403 g/mol. The summed E-state index contributed by atoms with van der Waals surface area (Å²) < 4.78 is 13.9. The molecule has 1 fully saturated rings. The molecule has 0 spiro atoms. The number of non-ortho nitro benzene ring substituents is 1. The van der Waals surface area contributed by atoms with Crippen LogP contribution in [0, 0.1) is 15.9 Å². The first kappa shape index (κ1) is 18.7. The molecule has 0 unspecified atom stereocenters. The predicted octanol–water partition coefficient (Wildman–Crippen LogP) is 3.67. The Morgan fingerprint density at radius 2 is 2.00 bits per heavy atom. The van der Waals surface area contributed by atoms with E-state index in [-0.39, 0.29) is 31.8 Å². The van der Waals surface area contributed by atoms with Crippen LogP contribution >= 0.6 is 24.0 Å². The van der Waals surface area contributed by atoms with Crippen molar-refractivity contribution in [1.82, 2.24) is 5.01 Å². The number of benzene rings is 2. The molecule has 0 saturated carbocycles. The molecular weight excluding hydrogens is 393 g/mol. The van der Waals surface area contributed by atoms with E-state index in [9.17, 15) is 24.4 Å². The van der Waals surface area contributed by atoms with Gasteiger partial charge in [0.15, 0.2) is 4.32 Å². The van der Waals surface area contributed by atoms with Gasteiger partial charge in [0.2, 0.25) is 0 Å². The van der Waals surface area contributed by atoms with Crippen LogP contribution in [-0.2, 0) is 4.79 Å². The molecule has 2 aromatic carbocycles. The van der Waals surface area contributed by atoms with Crippen LogP contribution in [0.5, 0.6) is 5.75 Å². The van der Waals surface area contributed by atoms with Crippen LogP contribution < -0.4 is 0 Å². The third-order valence-electron chi connectivity index (χ3n) is 3.50. The van der Waals surface area contributed by atoms with E-state index in [4.69, 9.17) is 12.2 Å². The summed E-state index contributed by atoms with van der Waals surface area (Å²) in [5, 5.41) is 25.4. The van der Waals surface area contributed by atoms with Gasteiger partial charge in [-0.05, 0) is 30.4 Å². The molecule has 0 radical (unpaired) electrons. The number of rotatable bonds is 4. The molecule has 27 heavy (non-hydrogen) atoms. The summed E-state index contributed by atoms with van der Waals surface area (Å²) in [6.45, 7) is 0. The summed E-state index contributed by atoms with van der Waals surface area (Å²) in [4.78, 5) is 22.8. The van der Waals surface area contributed by atoms with Gasteiger partial charge in [-0.15, -0.1) is 0 Å². The first-order valence-corrected chi connectivity index (χ1v) is 8.63. The number of amides is 1. The highest BCUT2D eigenvalue weighted by molar-refractivity contribution is 8.26. The highest BCUT2D eigenvalue weighted by Crippen LogP contribution is 2.33. The number of halogens is 1. The van der Waals surface area contributed by atoms with Crippen molar-refractivity contribution in [2.75, 3.05) is 0 Å². The van der Waals surface area contributed by atoms with Gasteiger partial charge >= 0.3 is 0 Å². The van der Waals surface area contributed by atoms with E-state index >= 15 is 0 Å². The summed E-state index contributed by atoms with van der Waals surface area (Å²) in [6, 6.07) is 9.38. The second-order valence-electron chi connectivity index (χ2n) is 5.26. The van der Waals surface area contributed by atoms with Gasteiger partial charge < -0.3 is 5.11 Å². The Labute approximate surface area is 161 Å². The van der Waals surface area contributed by atoms with Gasteiger partial charge in [-0.25, -0.2) is 4.39 Å². The minimum absolute atomic E-state index is 0.0522. The number of nitro groups is 1. The van der Waals surface area contributed by atoms with E-state index in [1.807, 2.05) is 0 Å². The van der Waals surface area contributed by atoms with Gasteiger partial charge in [0, 0.05) is 23.3 Å².